The van der Waals surface area contributed by atoms with Gasteiger partial charge in [0.05, 0.1) is 23.4 Å². The highest BCUT2D eigenvalue weighted by Gasteiger charge is 2.76. The Bertz CT molecular complexity index is 1300. The van der Waals surface area contributed by atoms with Crippen LogP contribution in [-0.2, 0) is 19.2 Å². The number of carbonyl (C=O) groups excluding carboxylic acids is 4. The number of methoxy groups -OCH3 is 1. The fourth-order valence-electron chi connectivity index (χ4n) is 6.58. The molecule has 0 aromatic heterocycles. The van der Waals surface area contributed by atoms with Crippen LogP contribution in [0.1, 0.15) is 37.7 Å². The van der Waals surface area contributed by atoms with Crippen molar-refractivity contribution >= 4 is 78.7 Å². The Labute approximate surface area is 240 Å². The van der Waals surface area contributed by atoms with Gasteiger partial charge in [0.25, 0.3) is 11.8 Å². The zero-order valence-electron chi connectivity index (χ0n) is 20.2. The fraction of sp³-hybridized carbons (Fsp3) is 0.520. The fourth-order valence-corrected chi connectivity index (χ4v) is 8.54. The predicted octanol–water partition coefficient (Wildman–Crippen LogP) is 4.32. The Morgan fingerprint density at radius 3 is 2.41 bits per heavy atom. The Balaban J connectivity index is 1.77. The minimum Gasteiger partial charge on any atom is -0.503 e. The summed E-state index contributed by atoms with van der Waals surface area (Å²) in [6.45, 7) is 2.21. The van der Waals surface area contributed by atoms with E-state index in [0.717, 1.165) is 4.90 Å². The van der Waals surface area contributed by atoms with Gasteiger partial charge in [-0.05, 0) is 68.7 Å². The molecule has 1 N–H and O–H groups in total. The third-order valence-electron chi connectivity index (χ3n) is 8.26. The second-order valence-electron chi connectivity index (χ2n) is 9.97. The van der Waals surface area contributed by atoms with Gasteiger partial charge >= 0.3 is 0 Å². The summed E-state index contributed by atoms with van der Waals surface area (Å²) in [7, 11) is 2.73. The Morgan fingerprint density at radius 1 is 1.11 bits per heavy atom. The van der Waals surface area contributed by atoms with Crippen molar-refractivity contribution in [3.63, 3.8) is 0 Å². The number of aromatic hydroxyl groups is 1. The van der Waals surface area contributed by atoms with Crippen molar-refractivity contribution in [3.8, 4) is 11.5 Å². The van der Waals surface area contributed by atoms with Gasteiger partial charge in [-0.15, -0.1) is 23.2 Å². The molecule has 12 heteroatoms. The van der Waals surface area contributed by atoms with Crippen molar-refractivity contribution in [1.82, 2.24) is 9.80 Å². The lowest BCUT2D eigenvalue weighted by atomic mass is 9.56. The standard InChI is InChI=1S/C25H24Br2Cl2N2O6/c1-4-7-31-20(33)11-6-5-10-13(15(11)21(31)34)9-24(28)22(35)30(2)23(36)25(24,29)16(10)12-8-14(37-3)19(32)18(27)17(12)26/h5,8,11,13,15-16,32H,4,6-7,9H2,1-3H3/t11-,13+,15-,16+,24+,25-/m0/s1. The molecule has 0 radical (unpaired) electrons. The number of likely N-dealkylation sites (tertiary alicyclic amines) is 2. The number of halogens is 4. The quantitative estimate of drug-likeness (QED) is 0.289. The molecule has 1 aromatic carbocycles. The molecule has 4 amide bonds. The molecule has 8 nitrogen and oxygen atoms in total. The average Bonchev–Trinajstić information content (AvgIpc) is 3.19. The van der Waals surface area contributed by atoms with Crippen molar-refractivity contribution in [3.05, 3.63) is 32.2 Å². The molecule has 198 valence electrons. The van der Waals surface area contributed by atoms with Gasteiger partial charge in [-0.25, -0.2) is 0 Å². The number of phenolic OH excluding ortho intramolecular Hbond substituents is 1. The number of allylic oxidation sites excluding steroid dienone is 2. The van der Waals surface area contributed by atoms with Crippen molar-refractivity contribution in [1.29, 1.82) is 0 Å². The number of carbonyl (C=O) groups is 4. The van der Waals surface area contributed by atoms with Crippen molar-refractivity contribution < 1.29 is 29.0 Å². The number of phenols is 1. The molecule has 6 atom stereocenters. The SMILES string of the molecule is CCCN1C(=O)[C@H]2[C@H](CC=C3[C@H]2C[C@@]2(Cl)C(=O)N(C)C(=O)[C@@]2(Cl)[C@H]3c2cc(OC)c(O)c(Br)c2Br)C1=O. The molecule has 2 aliphatic carbocycles. The number of rotatable bonds is 4. The average molecular weight is 679 g/mol. The van der Waals surface area contributed by atoms with Gasteiger partial charge in [0.15, 0.2) is 21.2 Å². The van der Waals surface area contributed by atoms with Gasteiger partial charge < -0.3 is 9.84 Å². The summed E-state index contributed by atoms with van der Waals surface area (Å²) in [4.78, 5) is 52.3. The van der Waals surface area contributed by atoms with Gasteiger partial charge in [-0.3, -0.25) is 29.0 Å². The number of alkyl halides is 2. The number of fused-ring (bicyclic) bond motifs is 4. The smallest absolute Gasteiger partial charge is 0.253 e. The maximum absolute atomic E-state index is 13.7. The third-order valence-corrected chi connectivity index (χ3v) is 11.8. The third kappa shape index (κ3) is 3.31. The van der Waals surface area contributed by atoms with Crippen LogP contribution in [0.25, 0.3) is 0 Å². The highest BCUT2D eigenvalue weighted by atomic mass is 79.9. The van der Waals surface area contributed by atoms with Gasteiger partial charge in [-0.2, -0.15) is 0 Å². The van der Waals surface area contributed by atoms with E-state index in [2.05, 4.69) is 31.9 Å². The highest BCUT2D eigenvalue weighted by molar-refractivity contribution is 9.13. The Kier molecular flexibility index (Phi) is 6.53. The van der Waals surface area contributed by atoms with Crippen LogP contribution in [0.3, 0.4) is 0 Å². The lowest BCUT2D eigenvalue weighted by molar-refractivity contribution is -0.141. The summed E-state index contributed by atoms with van der Waals surface area (Å²) >= 11 is 21.2. The van der Waals surface area contributed by atoms with E-state index in [1.54, 1.807) is 6.07 Å². The minimum absolute atomic E-state index is 0.0660. The number of imide groups is 2. The van der Waals surface area contributed by atoms with Gasteiger partial charge in [-0.1, -0.05) is 18.6 Å². The molecule has 0 bridgehead atoms. The molecular weight excluding hydrogens is 655 g/mol. The van der Waals surface area contributed by atoms with E-state index in [-0.39, 0.29) is 34.2 Å². The lowest BCUT2D eigenvalue weighted by Gasteiger charge is -2.51. The van der Waals surface area contributed by atoms with Crippen LogP contribution in [-0.4, -0.2) is 69.0 Å². The molecule has 2 aliphatic heterocycles. The van der Waals surface area contributed by atoms with Crippen LogP contribution in [0.5, 0.6) is 11.5 Å². The predicted molar refractivity (Wildman–Crippen MR) is 143 cm³/mol. The minimum atomic E-state index is -1.92. The Hall–Kier alpha value is -1.62. The maximum Gasteiger partial charge on any atom is 0.253 e. The van der Waals surface area contributed by atoms with Crippen LogP contribution >= 0.6 is 55.1 Å². The monoisotopic (exact) mass is 676 g/mol. The van der Waals surface area contributed by atoms with Crippen molar-refractivity contribution in [2.75, 3.05) is 20.7 Å². The zero-order chi connectivity index (χ0) is 27.2. The van der Waals surface area contributed by atoms with Gasteiger partial charge in [0.2, 0.25) is 11.8 Å². The highest BCUT2D eigenvalue weighted by Crippen LogP contribution is 2.66. The first kappa shape index (κ1) is 27.0. The molecule has 5 rings (SSSR count). The summed E-state index contributed by atoms with van der Waals surface area (Å²) in [6, 6.07) is 1.55. The van der Waals surface area contributed by atoms with E-state index >= 15 is 0 Å². The number of benzene rings is 1. The van der Waals surface area contributed by atoms with E-state index in [1.165, 1.54) is 19.1 Å². The van der Waals surface area contributed by atoms with E-state index in [9.17, 15) is 24.3 Å². The van der Waals surface area contributed by atoms with Gasteiger partial charge in [0.1, 0.15) is 0 Å². The summed E-state index contributed by atoms with van der Waals surface area (Å²) in [5.74, 6) is -4.70. The van der Waals surface area contributed by atoms with Crippen LogP contribution in [0.15, 0.2) is 26.7 Å². The number of nitrogens with zero attached hydrogens (tertiary/aromatic N) is 2. The van der Waals surface area contributed by atoms with Crippen LogP contribution in [0.2, 0.25) is 0 Å². The van der Waals surface area contributed by atoms with Crippen molar-refractivity contribution in [2.24, 2.45) is 17.8 Å². The van der Waals surface area contributed by atoms with Crippen molar-refractivity contribution in [2.45, 2.75) is 41.9 Å². The topological polar surface area (TPSA) is 104 Å². The first-order valence-corrected chi connectivity index (χ1v) is 14.2. The maximum atomic E-state index is 13.7. The van der Waals surface area contributed by atoms with E-state index in [1.807, 2.05) is 13.0 Å². The summed E-state index contributed by atoms with van der Waals surface area (Å²) < 4.78 is 6.03. The zero-order valence-corrected chi connectivity index (χ0v) is 24.9. The molecule has 0 spiro atoms. The van der Waals surface area contributed by atoms with Crippen LogP contribution < -0.4 is 4.74 Å². The molecule has 3 fully saturated rings. The van der Waals surface area contributed by atoms with Crippen LogP contribution in [0, 0.1) is 17.8 Å². The van der Waals surface area contributed by atoms with E-state index in [4.69, 9.17) is 27.9 Å². The summed E-state index contributed by atoms with van der Waals surface area (Å²) in [5.41, 5.74) is 1.12. The molecular formula is C25H24Br2Cl2N2O6. The largest absolute Gasteiger partial charge is 0.503 e. The first-order chi connectivity index (χ1) is 17.4. The molecule has 4 aliphatic rings. The molecule has 37 heavy (non-hydrogen) atoms. The number of amides is 4. The van der Waals surface area contributed by atoms with Gasteiger partial charge in [0, 0.05) is 24.0 Å². The normalized spacial score (nSPS) is 34.9. The van der Waals surface area contributed by atoms with E-state index in [0.29, 0.717) is 35.0 Å². The van der Waals surface area contributed by atoms with Crippen LogP contribution in [0.4, 0.5) is 0 Å². The second kappa shape index (κ2) is 8.96. The molecule has 1 aromatic rings. The first-order valence-electron chi connectivity index (χ1n) is 11.9. The number of hydrogen-bond acceptors (Lipinski definition) is 6. The molecule has 2 saturated heterocycles. The number of ether oxygens (including phenoxy) is 1. The second-order valence-corrected chi connectivity index (χ2v) is 12.8. The number of hydrogen-bond donors (Lipinski definition) is 1. The van der Waals surface area contributed by atoms with E-state index < -0.39 is 45.2 Å². The summed E-state index contributed by atoms with van der Waals surface area (Å²) in [5, 5.41) is 10.5. The summed E-state index contributed by atoms with van der Waals surface area (Å²) in [6.07, 6.45) is 2.73. The molecule has 0 unspecified atom stereocenters. The molecule has 1 saturated carbocycles. The Morgan fingerprint density at radius 2 is 1.78 bits per heavy atom. The molecule has 2 heterocycles. The lowest BCUT2D eigenvalue weighted by Crippen LogP contribution is -2.60.